The zero-order valence-corrected chi connectivity index (χ0v) is 11.7. The summed E-state index contributed by atoms with van der Waals surface area (Å²) in [4.78, 5) is 25.6. The van der Waals surface area contributed by atoms with Crippen LogP contribution in [0.25, 0.3) is 0 Å². The number of amides is 2. The van der Waals surface area contributed by atoms with Gasteiger partial charge in [-0.05, 0) is 18.1 Å². The second-order valence-electron chi connectivity index (χ2n) is 5.86. The highest BCUT2D eigenvalue weighted by Crippen LogP contribution is 2.27. The minimum absolute atomic E-state index is 0.0532. The van der Waals surface area contributed by atoms with E-state index < -0.39 is 5.41 Å². The Bertz CT molecular complexity index is 503. The molecule has 102 valence electrons. The van der Waals surface area contributed by atoms with Gasteiger partial charge in [0.05, 0.1) is 6.54 Å². The molecule has 1 aliphatic heterocycles. The molecule has 1 N–H and O–H groups in total. The van der Waals surface area contributed by atoms with Crippen LogP contribution in [0.2, 0.25) is 0 Å². The number of fused-ring (bicyclic) bond motifs is 1. The van der Waals surface area contributed by atoms with Gasteiger partial charge in [0.15, 0.2) is 0 Å². The maximum Gasteiger partial charge on any atom is 0.246 e. The van der Waals surface area contributed by atoms with Crippen molar-refractivity contribution in [2.24, 2.45) is 5.41 Å². The van der Waals surface area contributed by atoms with Crippen molar-refractivity contribution in [2.45, 2.75) is 27.2 Å². The third kappa shape index (κ3) is 2.95. The van der Waals surface area contributed by atoms with E-state index in [0.29, 0.717) is 6.54 Å². The SMILES string of the molecule is CC(C)(C)C(=O)NCC(=O)N1CCc2ccccc21. The molecule has 0 spiro atoms. The quantitative estimate of drug-likeness (QED) is 0.880. The third-order valence-corrected chi connectivity index (χ3v) is 3.27. The summed E-state index contributed by atoms with van der Waals surface area (Å²) in [5.74, 6) is -0.157. The van der Waals surface area contributed by atoms with E-state index >= 15 is 0 Å². The van der Waals surface area contributed by atoms with E-state index in [4.69, 9.17) is 0 Å². The third-order valence-electron chi connectivity index (χ3n) is 3.27. The van der Waals surface area contributed by atoms with E-state index in [1.54, 1.807) is 4.90 Å². The lowest BCUT2D eigenvalue weighted by Crippen LogP contribution is -2.43. The predicted octanol–water partition coefficient (Wildman–Crippen LogP) is 1.74. The van der Waals surface area contributed by atoms with E-state index in [0.717, 1.165) is 12.1 Å². The van der Waals surface area contributed by atoms with Crippen molar-refractivity contribution in [3.8, 4) is 0 Å². The standard InChI is InChI=1S/C15H20N2O2/c1-15(2,3)14(19)16-10-13(18)17-9-8-11-6-4-5-7-12(11)17/h4-7H,8-10H2,1-3H3,(H,16,19). The number of anilines is 1. The number of nitrogens with zero attached hydrogens (tertiary/aromatic N) is 1. The molecule has 0 fully saturated rings. The monoisotopic (exact) mass is 260 g/mol. The van der Waals surface area contributed by atoms with E-state index in [9.17, 15) is 9.59 Å². The molecule has 0 bridgehead atoms. The van der Waals surface area contributed by atoms with Crippen molar-refractivity contribution in [1.82, 2.24) is 5.32 Å². The van der Waals surface area contributed by atoms with E-state index in [1.807, 2.05) is 45.0 Å². The van der Waals surface area contributed by atoms with Crippen LogP contribution in [0.1, 0.15) is 26.3 Å². The van der Waals surface area contributed by atoms with Crippen LogP contribution in [-0.4, -0.2) is 24.9 Å². The number of nitrogens with one attached hydrogen (secondary N) is 1. The predicted molar refractivity (Wildman–Crippen MR) is 75.0 cm³/mol. The lowest BCUT2D eigenvalue weighted by Gasteiger charge is -2.20. The number of rotatable bonds is 2. The Morgan fingerprint density at radius 1 is 1.26 bits per heavy atom. The first-order valence-electron chi connectivity index (χ1n) is 6.56. The minimum Gasteiger partial charge on any atom is -0.347 e. The van der Waals surface area contributed by atoms with Crippen molar-refractivity contribution in [3.63, 3.8) is 0 Å². The zero-order chi connectivity index (χ0) is 14.0. The molecule has 0 aliphatic carbocycles. The molecule has 0 atom stereocenters. The molecule has 1 aromatic carbocycles. The molecule has 0 unspecified atom stereocenters. The molecular formula is C15H20N2O2. The molecule has 0 aromatic heterocycles. The van der Waals surface area contributed by atoms with Crippen molar-refractivity contribution in [3.05, 3.63) is 29.8 Å². The summed E-state index contributed by atoms with van der Waals surface area (Å²) in [6.45, 7) is 6.25. The van der Waals surface area contributed by atoms with Crippen molar-refractivity contribution < 1.29 is 9.59 Å². The molecule has 1 heterocycles. The average Bonchev–Trinajstić information content (AvgIpc) is 2.78. The van der Waals surface area contributed by atoms with Gasteiger partial charge in [-0.1, -0.05) is 39.0 Å². The highest BCUT2D eigenvalue weighted by atomic mass is 16.2. The van der Waals surface area contributed by atoms with Gasteiger partial charge < -0.3 is 10.2 Å². The van der Waals surface area contributed by atoms with Crippen LogP contribution in [0.3, 0.4) is 0 Å². The number of hydrogen-bond donors (Lipinski definition) is 1. The van der Waals surface area contributed by atoms with Crippen LogP contribution in [0.5, 0.6) is 0 Å². The fourth-order valence-corrected chi connectivity index (χ4v) is 2.11. The fraction of sp³-hybridized carbons (Fsp3) is 0.467. The Kier molecular flexibility index (Phi) is 3.60. The van der Waals surface area contributed by atoms with Gasteiger partial charge in [-0.15, -0.1) is 0 Å². The summed E-state index contributed by atoms with van der Waals surface area (Å²) in [6, 6.07) is 7.90. The first-order valence-corrected chi connectivity index (χ1v) is 6.56. The summed E-state index contributed by atoms with van der Waals surface area (Å²) in [7, 11) is 0. The summed E-state index contributed by atoms with van der Waals surface area (Å²) in [5.41, 5.74) is 1.69. The van der Waals surface area contributed by atoms with E-state index in [1.165, 1.54) is 5.56 Å². The smallest absolute Gasteiger partial charge is 0.246 e. The molecule has 19 heavy (non-hydrogen) atoms. The molecule has 0 saturated carbocycles. The van der Waals surface area contributed by atoms with Gasteiger partial charge in [-0.3, -0.25) is 9.59 Å². The summed E-state index contributed by atoms with van der Waals surface area (Å²) < 4.78 is 0. The van der Waals surface area contributed by atoms with Gasteiger partial charge in [-0.2, -0.15) is 0 Å². The maximum absolute atomic E-state index is 12.2. The highest BCUT2D eigenvalue weighted by molar-refractivity contribution is 5.98. The maximum atomic E-state index is 12.2. The number of hydrogen-bond acceptors (Lipinski definition) is 2. The summed E-state index contributed by atoms with van der Waals surface area (Å²) in [6.07, 6.45) is 0.884. The van der Waals surface area contributed by atoms with Crippen LogP contribution in [0.15, 0.2) is 24.3 Å². The van der Waals surface area contributed by atoms with Crippen molar-refractivity contribution >= 4 is 17.5 Å². The topological polar surface area (TPSA) is 49.4 Å². The highest BCUT2D eigenvalue weighted by Gasteiger charge is 2.26. The summed E-state index contributed by atoms with van der Waals surface area (Å²) >= 11 is 0. The number of benzene rings is 1. The van der Waals surface area contributed by atoms with E-state index in [-0.39, 0.29) is 18.4 Å². The second kappa shape index (κ2) is 5.03. The molecule has 4 heteroatoms. The van der Waals surface area contributed by atoms with Gasteiger partial charge in [-0.25, -0.2) is 0 Å². The molecule has 2 rings (SSSR count). The second-order valence-corrected chi connectivity index (χ2v) is 5.86. The minimum atomic E-state index is -0.469. The van der Waals surface area contributed by atoms with Gasteiger partial charge in [0.2, 0.25) is 11.8 Å². The number of para-hydroxylation sites is 1. The molecule has 1 aliphatic rings. The van der Waals surface area contributed by atoms with Gasteiger partial charge in [0.25, 0.3) is 0 Å². The molecular weight excluding hydrogens is 240 g/mol. The fourth-order valence-electron chi connectivity index (χ4n) is 2.11. The van der Waals surface area contributed by atoms with Crippen molar-refractivity contribution in [2.75, 3.05) is 18.0 Å². The van der Waals surface area contributed by atoms with Crippen LogP contribution in [0.4, 0.5) is 5.69 Å². The zero-order valence-electron chi connectivity index (χ0n) is 11.7. The number of carbonyl (C=O) groups is 2. The first-order chi connectivity index (χ1) is 8.89. The van der Waals surface area contributed by atoms with Gasteiger partial charge >= 0.3 is 0 Å². The lowest BCUT2D eigenvalue weighted by molar-refractivity contribution is -0.130. The van der Waals surface area contributed by atoms with Gasteiger partial charge in [0.1, 0.15) is 0 Å². The molecule has 1 aromatic rings. The number of carbonyl (C=O) groups excluding carboxylic acids is 2. The Morgan fingerprint density at radius 3 is 2.63 bits per heavy atom. The normalized spacial score (nSPS) is 14.2. The lowest BCUT2D eigenvalue weighted by atomic mass is 9.96. The average molecular weight is 260 g/mol. The van der Waals surface area contributed by atoms with Gasteiger partial charge in [0, 0.05) is 17.6 Å². The molecule has 0 radical (unpaired) electrons. The molecule has 4 nitrogen and oxygen atoms in total. The van der Waals surface area contributed by atoms with Crippen LogP contribution >= 0.6 is 0 Å². The van der Waals surface area contributed by atoms with Crippen LogP contribution < -0.4 is 10.2 Å². The Labute approximate surface area is 113 Å². The first kappa shape index (κ1) is 13.6. The van der Waals surface area contributed by atoms with Crippen LogP contribution in [0, 0.1) is 5.41 Å². The summed E-state index contributed by atoms with van der Waals surface area (Å²) in [5, 5.41) is 2.70. The van der Waals surface area contributed by atoms with E-state index in [2.05, 4.69) is 5.32 Å². The molecule has 2 amide bonds. The largest absolute Gasteiger partial charge is 0.347 e. The van der Waals surface area contributed by atoms with Crippen molar-refractivity contribution in [1.29, 1.82) is 0 Å². The Hall–Kier alpha value is -1.84. The van der Waals surface area contributed by atoms with Crippen LogP contribution in [-0.2, 0) is 16.0 Å². The Morgan fingerprint density at radius 2 is 1.95 bits per heavy atom. The Balaban J connectivity index is 1.98. The molecule has 0 saturated heterocycles.